The second-order valence-corrected chi connectivity index (χ2v) is 12.5. The summed E-state index contributed by atoms with van der Waals surface area (Å²) in [6.45, 7) is 5.90. The maximum atomic E-state index is 14.2. The molecule has 0 bridgehead atoms. The van der Waals surface area contributed by atoms with Gasteiger partial charge in [-0.05, 0) is 75.1 Å². The molecule has 0 aromatic heterocycles. The van der Waals surface area contributed by atoms with Crippen molar-refractivity contribution in [3.63, 3.8) is 0 Å². The SMILES string of the molecule is CCOc1ccc(S(=O)(=O)N(CC(=O)N(Cc2ccc(C)cc2)[C@H](CC)C(=O)NC2CCCC2)c2ccccc2)cc1. The van der Waals surface area contributed by atoms with Gasteiger partial charge in [0.05, 0.1) is 17.2 Å². The first-order valence-corrected chi connectivity index (χ1v) is 16.1. The molecule has 42 heavy (non-hydrogen) atoms. The fraction of sp³-hybridized carbons (Fsp3) is 0.394. The molecule has 0 unspecified atom stereocenters. The Kier molecular flexibility index (Phi) is 10.6. The van der Waals surface area contributed by atoms with Crippen LogP contribution in [0.3, 0.4) is 0 Å². The molecule has 1 aliphatic rings. The molecule has 0 aliphatic heterocycles. The number of carbonyl (C=O) groups is 2. The Bertz CT molecular complexity index is 1420. The van der Waals surface area contributed by atoms with E-state index < -0.39 is 28.5 Å². The number of anilines is 1. The minimum atomic E-state index is -4.13. The van der Waals surface area contributed by atoms with Crippen LogP contribution in [0.2, 0.25) is 0 Å². The number of benzene rings is 3. The van der Waals surface area contributed by atoms with Crippen LogP contribution in [0.15, 0.2) is 83.8 Å². The molecule has 1 fully saturated rings. The molecule has 2 amide bonds. The Morgan fingerprint density at radius 1 is 0.929 bits per heavy atom. The zero-order valence-corrected chi connectivity index (χ0v) is 25.5. The van der Waals surface area contributed by atoms with Crippen molar-refractivity contribution >= 4 is 27.5 Å². The zero-order valence-electron chi connectivity index (χ0n) is 24.7. The fourth-order valence-electron chi connectivity index (χ4n) is 5.30. The summed E-state index contributed by atoms with van der Waals surface area (Å²) in [7, 11) is -4.13. The normalized spacial score (nSPS) is 14.3. The van der Waals surface area contributed by atoms with Crippen molar-refractivity contribution in [2.24, 2.45) is 0 Å². The van der Waals surface area contributed by atoms with Gasteiger partial charge < -0.3 is 15.0 Å². The molecule has 1 saturated carbocycles. The van der Waals surface area contributed by atoms with Crippen molar-refractivity contribution in [3.8, 4) is 5.75 Å². The number of carbonyl (C=O) groups excluding carboxylic acids is 2. The minimum Gasteiger partial charge on any atom is -0.494 e. The molecule has 3 aromatic rings. The zero-order chi connectivity index (χ0) is 30.1. The van der Waals surface area contributed by atoms with Crippen LogP contribution in [0.25, 0.3) is 0 Å². The van der Waals surface area contributed by atoms with E-state index in [2.05, 4.69) is 5.32 Å². The number of hydrogen-bond acceptors (Lipinski definition) is 5. The summed E-state index contributed by atoms with van der Waals surface area (Å²) in [5, 5.41) is 3.14. The van der Waals surface area contributed by atoms with E-state index in [0.717, 1.165) is 41.1 Å². The van der Waals surface area contributed by atoms with Gasteiger partial charge in [-0.2, -0.15) is 0 Å². The molecule has 8 nitrogen and oxygen atoms in total. The van der Waals surface area contributed by atoms with Crippen LogP contribution in [-0.2, 0) is 26.2 Å². The first-order chi connectivity index (χ1) is 20.2. The second-order valence-electron chi connectivity index (χ2n) is 10.7. The lowest BCUT2D eigenvalue weighted by Crippen LogP contribution is -2.53. The maximum absolute atomic E-state index is 14.2. The lowest BCUT2D eigenvalue weighted by molar-refractivity contribution is -0.140. The lowest BCUT2D eigenvalue weighted by Gasteiger charge is -2.33. The standard InChI is InChI=1S/C33H41N3O5S/c1-4-31(33(38)34-27-11-9-10-12-27)35(23-26-17-15-25(3)16-18-26)32(37)24-36(28-13-7-6-8-14-28)42(39,40)30-21-19-29(20-22-30)41-5-2/h6-8,13-22,27,31H,4-5,9-12,23-24H2,1-3H3,(H,34,38)/t31-/m1/s1. The summed E-state index contributed by atoms with van der Waals surface area (Å²) in [6.07, 6.45) is 4.39. The highest BCUT2D eigenvalue weighted by Gasteiger charge is 2.34. The third kappa shape index (κ3) is 7.70. The molecule has 1 atom stereocenters. The molecular weight excluding hydrogens is 550 g/mol. The Labute approximate surface area is 249 Å². The van der Waals surface area contributed by atoms with Crippen molar-refractivity contribution in [1.29, 1.82) is 0 Å². The summed E-state index contributed by atoms with van der Waals surface area (Å²) in [5.41, 5.74) is 2.31. The van der Waals surface area contributed by atoms with Crippen LogP contribution in [0.4, 0.5) is 5.69 Å². The number of ether oxygens (including phenoxy) is 1. The van der Waals surface area contributed by atoms with Gasteiger partial charge in [-0.25, -0.2) is 8.42 Å². The van der Waals surface area contributed by atoms with Crippen molar-refractivity contribution < 1.29 is 22.7 Å². The smallest absolute Gasteiger partial charge is 0.264 e. The van der Waals surface area contributed by atoms with Crippen molar-refractivity contribution in [3.05, 3.63) is 90.0 Å². The van der Waals surface area contributed by atoms with Crippen molar-refractivity contribution in [2.45, 2.75) is 76.4 Å². The number of aryl methyl sites for hydroxylation is 1. The van der Waals surface area contributed by atoms with Gasteiger partial charge in [-0.3, -0.25) is 13.9 Å². The van der Waals surface area contributed by atoms with Crippen LogP contribution in [0.1, 0.15) is 57.1 Å². The third-order valence-electron chi connectivity index (χ3n) is 7.61. The molecule has 1 aliphatic carbocycles. The Balaban J connectivity index is 1.68. The van der Waals surface area contributed by atoms with Gasteiger partial charge in [0.25, 0.3) is 10.0 Å². The van der Waals surface area contributed by atoms with Crippen molar-refractivity contribution in [1.82, 2.24) is 10.2 Å². The number of sulfonamides is 1. The van der Waals surface area contributed by atoms with Gasteiger partial charge in [-0.15, -0.1) is 0 Å². The number of rotatable bonds is 13. The molecule has 9 heteroatoms. The number of para-hydroxylation sites is 1. The van der Waals surface area contributed by atoms with Gasteiger partial charge in [0.15, 0.2) is 0 Å². The van der Waals surface area contributed by atoms with E-state index in [0.29, 0.717) is 24.5 Å². The highest BCUT2D eigenvalue weighted by molar-refractivity contribution is 7.92. The van der Waals surface area contributed by atoms with Gasteiger partial charge in [0.1, 0.15) is 18.3 Å². The molecule has 0 radical (unpaired) electrons. The van der Waals surface area contributed by atoms with Crippen LogP contribution in [0.5, 0.6) is 5.75 Å². The van der Waals surface area contributed by atoms with E-state index in [1.165, 1.54) is 17.0 Å². The lowest BCUT2D eigenvalue weighted by atomic mass is 10.1. The van der Waals surface area contributed by atoms with E-state index >= 15 is 0 Å². The monoisotopic (exact) mass is 591 g/mol. The Morgan fingerprint density at radius 2 is 1.57 bits per heavy atom. The van der Waals surface area contributed by atoms with E-state index in [1.807, 2.05) is 45.0 Å². The molecule has 0 heterocycles. The van der Waals surface area contributed by atoms with E-state index in [1.54, 1.807) is 42.5 Å². The van der Waals surface area contributed by atoms with Gasteiger partial charge in [-0.1, -0.05) is 67.8 Å². The number of nitrogens with zero attached hydrogens (tertiary/aromatic N) is 2. The molecular formula is C33H41N3O5S. The van der Waals surface area contributed by atoms with Gasteiger partial charge >= 0.3 is 0 Å². The summed E-state index contributed by atoms with van der Waals surface area (Å²) < 4.78 is 34.6. The topological polar surface area (TPSA) is 96.0 Å². The first-order valence-electron chi connectivity index (χ1n) is 14.7. The minimum absolute atomic E-state index is 0.0405. The van der Waals surface area contributed by atoms with Crippen LogP contribution in [-0.4, -0.2) is 50.4 Å². The largest absolute Gasteiger partial charge is 0.494 e. The van der Waals surface area contributed by atoms with Crippen LogP contribution < -0.4 is 14.4 Å². The molecule has 0 spiro atoms. The maximum Gasteiger partial charge on any atom is 0.264 e. The van der Waals surface area contributed by atoms with Crippen molar-refractivity contribution in [2.75, 3.05) is 17.5 Å². The fourth-order valence-corrected chi connectivity index (χ4v) is 6.72. The number of amides is 2. The predicted molar refractivity (Wildman–Crippen MR) is 165 cm³/mol. The summed E-state index contributed by atoms with van der Waals surface area (Å²) >= 11 is 0. The van der Waals surface area contributed by atoms with E-state index in [-0.39, 0.29) is 23.4 Å². The van der Waals surface area contributed by atoms with Gasteiger partial charge in [0.2, 0.25) is 11.8 Å². The Morgan fingerprint density at radius 3 is 2.17 bits per heavy atom. The average molecular weight is 592 g/mol. The molecule has 224 valence electrons. The summed E-state index contributed by atoms with van der Waals surface area (Å²) in [4.78, 5) is 29.3. The van der Waals surface area contributed by atoms with Crippen LogP contribution >= 0.6 is 0 Å². The first kappa shape index (κ1) is 31.1. The quantitative estimate of drug-likeness (QED) is 0.285. The molecule has 4 rings (SSSR count). The second kappa shape index (κ2) is 14.4. The number of nitrogens with one attached hydrogen (secondary N) is 1. The highest BCUT2D eigenvalue weighted by atomic mass is 32.2. The average Bonchev–Trinajstić information content (AvgIpc) is 3.50. The van der Waals surface area contributed by atoms with E-state index in [9.17, 15) is 18.0 Å². The van der Waals surface area contributed by atoms with Crippen LogP contribution in [0, 0.1) is 6.92 Å². The third-order valence-corrected chi connectivity index (χ3v) is 9.39. The highest BCUT2D eigenvalue weighted by Crippen LogP contribution is 2.26. The molecule has 1 N–H and O–H groups in total. The molecule has 3 aromatic carbocycles. The summed E-state index contributed by atoms with van der Waals surface area (Å²) in [5.74, 6) is -0.102. The van der Waals surface area contributed by atoms with Gasteiger partial charge in [0, 0.05) is 12.6 Å². The van der Waals surface area contributed by atoms with E-state index in [4.69, 9.17) is 4.74 Å². The predicted octanol–water partition coefficient (Wildman–Crippen LogP) is 5.46. The number of hydrogen-bond donors (Lipinski definition) is 1. The molecule has 0 saturated heterocycles. The Hall–Kier alpha value is -3.85. The summed E-state index contributed by atoms with van der Waals surface area (Å²) in [6, 6.07) is 21.9.